The second-order valence-electron chi connectivity index (χ2n) is 3.80. The predicted octanol–water partition coefficient (Wildman–Crippen LogP) is 1.86. The van der Waals surface area contributed by atoms with Crippen LogP contribution in [0.2, 0.25) is 5.32 Å². The molecule has 0 radical (unpaired) electrons. The van der Waals surface area contributed by atoms with Crippen molar-refractivity contribution in [1.29, 1.82) is 0 Å². The third-order valence-electron chi connectivity index (χ3n) is 2.70. The average Bonchev–Trinajstić information content (AvgIpc) is 2.63. The Kier molecular flexibility index (Phi) is 3.63. The quantitative estimate of drug-likeness (QED) is 0.749. The summed E-state index contributed by atoms with van der Waals surface area (Å²) >= 11 is 0.588. The van der Waals surface area contributed by atoms with Crippen LogP contribution in [0.4, 0.5) is 0 Å². The summed E-state index contributed by atoms with van der Waals surface area (Å²) in [5.74, 6) is 0.764. The molecule has 0 spiro atoms. The molecule has 0 saturated carbocycles. The van der Waals surface area contributed by atoms with Gasteiger partial charge in [-0.05, 0) is 0 Å². The summed E-state index contributed by atoms with van der Waals surface area (Å²) in [4.78, 5) is 0. The molecule has 1 fully saturated rings. The second kappa shape index (κ2) is 4.97. The van der Waals surface area contributed by atoms with Crippen molar-refractivity contribution in [2.75, 3.05) is 6.61 Å². The molecule has 2 atom stereocenters. The van der Waals surface area contributed by atoms with Crippen LogP contribution >= 0.6 is 0 Å². The first-order valence-corrected chi connectivity index (χ1v) is 7.22. The fourth-order valence-electron chi connectivity index (χ4n) is 1.66. The van der Waals surface area contributed by atoms with Crippen molar-refractivity contribution in [1.82, 2.24) is 0 Å². The van der Waals surface area contributed by atoms with Crippen LogP contribution < -0.4 is 4.46 Å². The topological polar surface area (TPSA) is 9.23 Å². The molecule has 1 aliphatic heterocycles. The van der Waals surface area contributed by atoms with Gasteiger partial charge in [0.05, 0.1) is 0 Å². The summed E-state index contributed by atoms with van der Waals surface area (Å²) in [5.41, 5.74) is 0. The van der Waals surface area contributed by atoms with Gasteiger partial charge in [-0.2, -0.15) is 0 Å². The molecule has 76 valence electrons. The number of benzene rings is 1. The van der Waals surface area contributed by atoms with Crippen LogP contribution in [0.25, 0.3) is 0 Å². The maximum atomic E-state index is 5.70. The Bertz CT molecular complexity index is 273. The third-order valence-corrected chi connectivity index (χ3v) is 5.01. The van der Waals surface area contributed by atoms with E-state index in [1.165, 1.54) is 16.2 Å². The van der Waals surface area contributed by atoms with Crippen LogP contribution in [0, 0.1) is 5.92 Å². The molecular weight excluding hydrogens is 239 g/mol. The molecule has 1 aromatic rings. The molecule has 1 heterocycles. The van der Waals surface area contributed by atoms with E-state index in [-0.39, 0.29) is 0 Å². The molecule has 2 rings (SSSR count). The summed E-state index contributed by atoms with van der Waals surface area (Å²) in [6.45, 7) is 3.27. The number of rotatable bonds is 3. The van der Waals surface area contributed by atoms with Crippen molar-refractivity contribution in [2.24, 2.45) is 5.92 Å². The van der Waals surface area contributed by atoms with E-state index < -0.39 is 0 Å². The molecule has 0 amide bonds. The van der Waals surface area contributed by atoms with Gasteiger partial charge >= 0.3 is 91.8 Å². The van der Waals surface area contributed by atoms with Gasteiger partial charge in [0.25, 0.3) is 0 Å². The molecule has 0 aromatic heterocycles. The van der Waals surface area contributed by atoms with Gasteiger partial charge in [-0.15, -0.1) is 0 Å². The Morgan fingerprint density at radius 1 is 1.36 bits per heavy atom. The first-order chi connectivity index (χ1) is 6.86. The first-order valence-electron chi connectivity index (χ1n) is 5.16. The van der Waals surface area contributed by atoms with Crippen molar-refractivity contribution in [3.63, 3.8) is 0 Å². The maximum absolute atomic E-state index is 5.70. The molecule has 0 aliphatic carbocycles. The van der Waals surface area contributed by atoms with E-state index >= 15 is 0 Å². The zero-order valence-electron chi connectivity index (χ0n) is 8.48. The summed E-state index contributed by atoms with van der Waals surface area (Å²) in [6.07, 6.45) is 1.77. The second-order valence-corrected chi connectivity index (χ2v) is 6.09. The van der Waals surface area contributed by atoms with Crippen LogP contribution in [0.3, 0.4) is 0 Å². The van der Waals surface area contributed by atoms with Crippen molar-refractivity contribution < 1.29 is 4.74 Å². The van der Waals surface area contributed by atoms with Gasteiger partial charge in [-0.25, -0.2) is 0 Å². The minimum atomic E-state index is 0.523. The van der Waals surface area contributed by atoms with Crippen LogP contribution in [0.15, 0.2) is 30.3 Å². The van der Waals surface area contributed by atoms with Crippen LogP contribution in [-0.2, 0) is 4.74 Å². The summed E-state index contributed by atoms with van der Waals surface area (Å²) in [6, 6.07) is 10.8. The van der Waals surface area contributed by atoms with Crippen molar-refractivity contribution >= 4 is 19.4 Å². The zero-order chi connectivity index (χ0) is 9.80. The molecule has 2 unspecified atom stereocenters. The van der Waals surface area contributed by atoms with E-state index in [1.807, 2.05) is 0 Å². The van der Waals surface area contributed by atoms with Gasteiger partial charge < -0.3 is 0 Å². The van der Waals surface area contributed by atoms with Crippen molar-refractivity contribution in [3.8, 4) is 0 Å². The van der Waals surface area contributed by atoms with Crippen molar-refractivity contribution in [3.05, 3.63) is 30.3 Å². The van der Waals surface area contributed by atoms with Gasteiger partial charge in [-0.3, -0.25) is 0 Å². The average molecular weight is 255 g/mol. The van der Waals surface area contributed by atoms with Gasteiger partial charge in [0.2, 0.25) is 0 Å². The van der Waals surface area contributed by atoms with E-state index in [0.29, 0.717) is 21.1 Å². The van der Waals surface area contributed by atoms with Gasteiger partial charge in [-0.1, -0.05) is 0 Å². The Morgan fingerprint density at radius 3 is 2.79 bits per heavy atom. The van der Waals surface area contributed by atoms with Gasteiger partial charge in [0.15, 0.2) is 0 Å². The Hall–Kier alpha value is -0.301. The first kappa shape index (κ1) is 10.2. The summed E-state index contributed by atoms with van der Waals surface area (Å²) in [5, 5.41) is 1.23. The van der Waals surface area contributed by atoms with Crippen LogP contribution in [0.1, 0.15) is 13.3 Å². The van der Waals surface area contributed by atoms with E-state index in [1.54, 1.807) is 0 Å². The Morgan fingerprint density at radius 2 is 2.14 bits per heavy atom. The van der Waals surface area contributed by atoms with Crippen molar-refractivity contribution in [2.45, 2.75) is 24.8 Å². The molecular formula is C12H16OSe. The fraction of sp³-hybridized carbons (Fsp3) is 0.500. The number of hydrogen-bond acceptors (Lipinski definition) is 1. The van der Waals surface area contributed by atoms with Crippen LogP contribution in [0.5, 0.6) is 0 Å². The van der Waals surface area contributed by atoms with Gasteiger partial charge in [0, 0.05) is 0 Å². The normalized spacial score (nSPS) is 26.6. The summed E-state index contributed by atoms with van der Waals surface area (Å²) in [7, 11) is 0. The molecule has 2 heteroatoms. The molecule has 1 aromatic carbocycles. The Labute approximate surface area is 92.0 Å². The molecule has 0 N–H and O–H groups in total. The molecule has 1 aliphatic rings. The third kappa shape index (κ3) is 2.60. The monoisotopic (exact) mass is 256 g/mol. The molecule has 1 saturated heterocycles. The van der Waals surface area contributed by atoms with E-state index in [4.69, 9.17) is 4.74 Å². The van der Waals surface area contributed by atoms with E-state index in [2.05, 4.69) is 37.3 Å². The fourth-order valence-corrected chi connectivity index (χ4v) is 4.04. The number of ether oxygens (including phenoxy) is 1. The molecule has 14 heavy (non-hydrogen) atoms. The van der Waals surface area contributed by atoms with Crippen LogP contribution in [-0.4, -0.2) is 27.7 Å². The summed E-state index contributed by atoms with van der Waals surface area (Å²) < 4.78 is 7.19. The van der Waals surface area contributed by atoms with Gasteiger partial charge in [0.1, 0.15) is 0 Å². The SMILES string of the molecule is CC1CCOC1C[Se]c1ccccc1. The zero-order valence-corrected chi connectivity index (χ0v) is 10.2. The molecule has 0 bridgehead atoms. The molecule has 1 nitrogen and oxygen atoms in total. The predicted molar refractivity (Wildman–Crippen MR) is 60.2 cm³/mol. The van der Waals surface area contributed by atoms with E-state index in [9.17, 15) is 0 Å². The standard InChI is InChI=1S/C12H16OSe/c1-10-7-8-13-12(10)9-14-11-5-3-2-4-6-11/h2-6,10,12H,7-9H2,1H3. The Balaban J connectivity index is 1.82. The number of hydrogen-bond donors (Lipinski definition) is 0. The minimum absolute atomic E-state index is 0.523. The van der Waals surface area contributed by atoms with E-state index in [0.717, 1.165) is 12.5 Å².